The van der Waals surface area contributed by atoms with E-state index in [0.29, 0.717) is 23.8 Å². The summed E-state index contributed by atoms with van der Waals surface area (Å²) < 4.78 is 10.1. The fourth-order valence-electron chi connectivity index (χ4n) is 2.08. The summed E-state index contributed by atoms with van der Waals surface area (Å²) >= 11 is 0. The minimum absolute atomic E-state index is 0.0152. The van der Waals surface area contributed by atoms with Crippen LogP contribution in [-0.4, -0.2) is 38.2 Å². The Morgan fingerprint density at radius 1 is 1.20 bits per heavy atom. The van der Waals surface area contributed by atoms with Gasteiger partial charge in [-0.05, 0) is 25.3 Å². The number of hydrogen-bond donors (Lipinski definition) is 2. The molecule has 0 bridgehead atoms. The Morgan fingerprint density at radius 2 is 1.92 bits per heavy atom. The van der Waals surface area contributed by atoms with Crippen molar-refractivity contribution in [2.24, 2.45) is 5.92 Å². The van der Waals surface area contributed by atoms with E-state index < -0.39 is 24.5 Å². The zero-order chi connectivity index (χ0) is 18.8. The molecule has 0 aliphatic carbocycles. The fourth-order valence-corrected chi connectivity index (χ4v) is 2.08. The third kappa shape index (κ3) is 8.19. The van der Waals surface area contributed by atoms with E-state index in [9.17, 15) is 14.4 Å². The molecule has 3 amide bonds. The summed E-state index contributed by atoms with van der Waals surface area (Å²) in [5, 5.41) is 4.68. The minimum atomic E-state index is -0.674. The normalized spacial score (nSPS) is 10.3. The van der Waals surface area contributed by atoms with Crippen molar-refractivity contribution in [1.29, 1.82) is 0 Å². The lowest BCUT2D eigenvalue weighted by atomic mass is 10.1. The van der Waals surface area contributed by atoms with Gasteiger partial charge in [-0.3, -0.25) is 14.9 Å². The van der Waals surface area contributed by atoms with E-state index in [2.05, 4.69) is 10.6 Å². The molecule has 0 saturated heterocycles. The summed E-state index contributed by atoms with van der Waals surface area (Å²) in [6.07, 6.45) is 0.799. The number of nitrogens with one attached hydrogen (secondary N) is 2. The maximum atomic E-state index is 11.9. The van der Waals surface area contributed by atoms with Crippen molar-refractivity contribution in [2.75, 3.05) is 20.3 Å². The molecule has 0 fully saturated rings. The Balaban J connectivity index is 2.37. The first-order chi connectivity index (χ1) is 11.8. The molecule has 0 radical (unpaired) electrons. The van der Waals surface area contributed by atoms with E-state index in [1.165, 1.54) is 7.11 Å². The van der Waals surface area contributed by atoms with Gasteiger partial charge < -0.3 is 14.8 Å². The van der Waals surface area contributed by atoms with E-state index in [-0.39, 0.29) is 6.42 Å². The summed E-state index contributed by atoms with van der Waals surface area (Å²) in [6.45, 7) is 5.94. The Morgan fingerprint density at radius 3 is 2.56 bits per heavy atom. The van der Waals surface area contributed by atoms with Gasteiger partial charge in [0, 0.05) is 12.1 Å². The SMILES string of the molecule is COc1ccc(C)cc1CC(=O)OCC(=O)NC(=O)NCCC(C)C. The van der Waals surface area contributed by atoms with E-state index in [1.807, 2.05) is 32.9 Å². The van der Waals surface area contributed by atoms with Gasteiger partial charge in [0.2, 0.25) is 0 Å². The van der Waals surface area contributed by atoms with Gasteiger partial charge >= 0.3 is 12.0 Å². The molecule has 2 N–H and O–H groups in total. The van der Waals surface area contributed by atoms with Crippen LogP contribution in [0.3, 0.4) is 0 Å². The molecule has 0 heterocycles. The smallest absolute Gasteiger partial charge is 0.321 e. The number of hydrogen-bond acceptors (Lipinski definition) is 5. The van der Waals surface area contributed by atoms with E-state index in [4.69, 9.17) is 9.47 Å². The Hall–Kier alpha value is -2.57. The molecular formula is C18H26N2O5. The van der Waals surface area contributed by atoms with Crippen molar-refractivity contribution in [2.45, 2.75) is 33.6 Å². The van der Waals surface area contributed by atoms with Gasteiger partial charge in [0.05, 0.1) is 13.5 Å². The number of benzene rings is 1. The Kier molecular flexibility index (Phi) is 8.46. The third-order valence-corrected chi connectivity index (χ3v) is 3.40. The summed E-state index contributed by atoms with van der Waals surface area (Å²) in [6, 6.07) is 4.87. The van der Waals surface area contributed by atoms with Crippen LogP contribution in [0.25, 0.3) is 0 Å². The zero-order valence-corrected chi connectivity index (χ0v) is 15.2. The summed E-state index contributed by atoms with van der Waals surface area (Å²) in [5.41, 5.74) is 1.67. The molecule has 25 heavy (non-hydrogen) atoms. The fraction of sp³-hybridized carbons (Fsp3) is 0.500. The number of imide groups is 1. The van der Waals surface area contributed by atoms with Gasteiger partial charge in [-0.1, -0.05) is 31.5 Å². The van der Waals surface area contributed by atoms with Crippen molar-refractivity contribution in [1.82, 2.24) is 10.6 Å². The molecule has 0 atom stereocenters. The highest BCUT2D eigenvalue weighted by Gasteiger charge is 2.13. The number of ether oxygens (including phenoxy) is 2. The molecule has 7 nitrogen and oxygen atoms in total. The molecule has 0 saturated carbocycles. The summed E-state index contributed by atoms with van der Waals surface area (Å²) in [4.78, 5) is 35.0. The van der Waals surface area contributed by atoms with Crippen LogP contribution in [0.1, 0.15) is 31.4 Å². The Labute approximate surface area is 148 Å². The highest BCUT2D eigenvalue weighted by atomic mass is 16.5. The second-order valence-electron chi connectivity index (χ2n) is 6.14. The lowest BCUT2D eigenvalue weighted by Gasteiger charge is -2.10. The van der Waals surface area contributed by atoms with Crippen LogP contribution >= 0.6 is 0 Å². The molecule has 7 heteroatoms. The van der Waals surface area contributed by atoms with Gasteiger partial charge in [-0.2, -0.15) is 0 Å². The van der Waals surface area contributed by atoms with E-state index in [1.54, 1.807) is 6.07 Å². The number of rotatable bonds is 8. The van der Waals surface area contributed by atoms with Crippen LogP contribution in [-0.2, 0) is 20.7 Å². The van der Waals surface area contributed by atoms with Crippen LogP contribution in [0.4, 0.5) is 4.79 Å². The summed E-state index contributed by atoms with van der Waals surface area (Å²) in [5.74, 6) is -0.210. The van der Waals surface area contributed by atoms with Gasteiger partial charge in [0.1, 0.15) is 5.75 Å². The summed E-state index contributed by atoms with van der Waals surface area (Å²) in [7, 11) is 1.52. The average Bonchev–Trinajstić information content (AvgIpc) is 2.53. The molecule has 0 aliphatic heterocycles. The maximum Gasteiger partial charge on any atom is 0.321 e. The maximum absolute atomic E-state index is 11.9. The molecule has 0 aromatic heterocycles. The van der Waals surface area contributed by atoms with Gasteiger partial charge in [0.15, 0.2) is 6.61 Å². The Bertz CT molecular complexity index is 613. The van der Waals surface area contributed by atoms with Crippen LogP contribution in [0.2, 0.25) is 0 Å². The zero-order valence-electron chi connectivity index (χ0n) is 15.2. The number of aryl methyl sites for hydroxylation is 1. The van der Waals surface area contributed by atoms with Crippen LogP contribution < -0.4 is 15.4 Å². The molecular weight excluding hydrogens is 324 g/mol. The average molecular weight is 350 g/mol. The molecule has 138 valence electrons. The molecule has 0 unspecified atom stereocenters. The quantitative estimate of drug-likeness (QED) is 0.699. The van der Waals surface area contributed by atoms with Gasteiger partial charge in [-0.15, -0.1) is 0 Å². The van der Waals surface area contributed by atoms with E-state index >= 15 is 0 Å². The number of methoxy groups -OCH3 is 1. The number of esters is 1. The van der Waals surface area contributed by atoms with Crippen molar-refractivity contribution in [3.8, 4) is 5.75 Å². The standard InChI is InChI=1S/C18H26N2O5/c1-12(2)7-8-19-18(23)20-16(21)11-25-17(22)10-14-9-13(3)5-6-15(14)24-4/h5-6,9,12H,7-8,10-11H2,1-4H3,(H2,19,20,21,23). The lowest BCUT2D eigenvalue weighted by Crippen LogP contribution is -2.42. The van der Waals surface area contributed by atoms with Crippen molar-refractivity contribution < 1.29 is 23.9 Å². The topological polar surface area (TPSA) is 93.7 Å². The molecule has 1 aromatic carbocycles. The highest BCUT2D eigenvalue weighted by molar-refractivity contribution is 5.95. The van der Waals surface area contributed by atoms with Gasteiger partial charge in [0.25, 0.3) is 5.91 Å². The number of amides is 3. The number of urea groups is 1. The molecule has 0 spiro atoms. The van der Waals surface area contributed by atoms with Crippen LogP contribution in [0, 0.1) is 12.8 Å². The second kappa shape index (κ2) is 10.3. The van der Waals surface area contributed by atoms with Crippen molar-refractivity contribution in [3.63, 3.8) is 0 Å². The monoisotopic (exact) mass is 350 g/mol. The first-order valence-electron chi connectivity index (χ1n) is 8.18. The molecule has 1 aromatic rings. The van der Waals surface area contributed by atoms with Crippen molar-refractivity contribution >= 4 is 17.9 Å². The first-order valence-corrected chi connectivity index (χ1v) is 8.18. The van der Waals surface area contributed by atoms with Gasteiger partial charge in [-0.25, -0.2) is 4.79 Å². The predicted octanol–water partition coefficient (Wildman–Crippen LogP) is 1.96. The van der Waals surface area contributed by atoms with Crippen molar-refractivity contribution in [3.05, 3.63) is 29.3 Å². The van der Waals surface area contributed by atoms with Crippen LogP contribution in [0.15, 0.2) is 18.2 Å². The van der Waals surface area contributed by atoms with Crippen LogP contribution in [0.5, 0.6) is 5.75 Å². The number of carbonyl (C=O) groups excluding carboxylic acids is 3. The minimum Gasteiger partial charge on any atom is -0.496 e. The molecule has 1 rings (SSSR count). The number of carbonyl (C=O) groups is 3. The second-order valence-corrected chi connectivity index (χ2v) is 6.14. The largest absolute Gasteiger partial charge is 0.496 e. The highest BCUT2D eigenvalue weighted by Crippen LogP contribution is 2.20. The molecule has 0 aliphatic rings. The lowest BCUT2D eigenvalue weighted by molar-refractivity contribution is -0.147. The van der Waals surface area contributed by atoms with E-state index in [0.717, 1.165) is 12.0 Å². The third-order valence-electron chi connectivity index (χ3n) is 3.40. The predicted molar refractivity (Wildman–Crippen MR) is 93.4 cm³/mol. The first kappa shape index (κ1) is 20.5.